The summed E-state index contributed by atoms with van der Waals surface area (Å²) in [6.45, 7) is 3.00. The number of aryl methyl sites for hydroxylation is 1. The van der Waals surface area contributed by atoms with Crippen LogP contribution in [0.5, 0.6) is 0 Å². The fourth-order valence-electron chi connectivity index (χ4n) is 4.50. The number of hydrogen-bond donors (Lipinski definition) is 1. The fraction of sp³-hybridized carbons (Fsp3) is 0.385. The first-order valence-electron chi connectivity index (χ1n) is 11.8. The van der Waals surface area contributed by atoms with Gasteiger partial charge < -0.3 is 10.2 Å². The minimum Gasteiger partial charge on any atom is -0.352 e. The molecule has 1 saturated carbocycles. The molecule has 0 spiro atoms. The van der Waals surface area contributed by atoms with Gasteiger partial charge in [0, 0.05) is 31.5 Å². The van der Waals surface area contributed by atoms with E-state index in [9.17, 15) is 14.0 Å². The predicted molar refractivity (Wildman–Crippen MR) is 125 cm³/mol. The molecule has 176 valence electrons. The van der Waals surface area contributed by atoms with Gasteiger partial charge in [-0.05, 0) is 61.9 Å². The summed E-state index contributed by atoms with van der Waals surface area (Å²) in [7, 11) is 0. The lowest BCUT2D eigenvalue weighted by Crippen LogP contribution is -2.43. The number of carbonyl (C=O) groups excluding carboxylic acids is 2. The smallest absolute Gasteiger partial charge is 0.276 e. The number of hydrogen-bond acceptors (Lipinski definition) is 4. The zero-order valence-corrected chi connectivity index (χ0v) is 19.2. The van der Waals surface area contributed by atoms with E-state index in [2.05, 4.69) is 15.6 Å². The van der Waals surface area contributed by atoms with Gasteiger partial charge in [0.05, 0.1) is 11.4 Å². The van der Waals surface area contributed by atoms with Crippen LogP contribution in [-0.2, 0) is 11.3 Å². The van der Waals surface area contributed by atoms with Crippen LogP contribution in [0.3, 0.4) is 0 Å². The molecular formula is C26H28FN5O2. The van der Waals surface area contributed by atoms with E-state index in [1.165, 1.54) is 6.07 Å². The Bertz CT molecular complexity index is 1200. The number of aromatic nitrogens is 3. The lowest BCUT2D eigenvalue weighted by Gasteiger charge is -2.31. The fourth-order valence-corrected chi connectivity index (χ4v) is 4.50. The van der Waals surface area contributed by atoms with Crippen molar-refractivity contribution in [2.24, 2.45) is 5.92 Å². The van der Waals surface area contributed by atoms with E-state index in [4.69, 9.17) is 0 Å². The summed E-state index contributed by atoms with van der Waals surface area (Å²) in [4.78, 5) is 27.7. The molecule has 8 heteroatoms. The number of carbonyl (C=O) groups is 2. The molecule has 3 aromatic rings. The Kier molecular flexibility index (Phi) is 6.13. The summed E-state index contributed by atoms with van der Waals surface area (Å²) in [5.41, 5.74) is 3.54. The van der Waals surface area contributed by atoms with Crippen molar-refractivity contribution in [2.75, 3.05) is 13.1 Å². The lowest BCUT2D eigenvalue weighted by atomic mass is 9.95. The van der Waals surface area contributed by atoms with Gasteiger partial charge in [-0.1, -0.05) is 35.5 Å². The van der Waals surface area contributed by atoms with Crippen molar-refractivity contribution < 1.29 is 14.0 Å². The van der Waals surface area contributed by atoms with Gasteiger partial charge in [0.1, 0.15) is 5.82 Å². The number of rotatable bonds is 6. The van der Waals surface area contributed by atoms with E-state index in [1.807, 2.05) is 36.4 Å². The van der Waals surface area contributed by atoms with Crippen molar-refractivity contribution in [1.29, 1.82) is 0 Å². The van der Waals surface area contributed by atoms with Crippen LogP contribution >= 0.6 is 0 Å². The molecule has 7 nitrogen and oxygen atoms in total. The third kappa shape index (κ3) is 4.58. The Balaban J connectivity index is 1.20. The molecule has 1 N–H and O–H groups in total. The molecule has 0 bridgehead atoms. The summed E-state index contributed by atoms with van der Waals surface area (Å²) < 4.78 is 15.5. The molecule has 0 radical (unpaired) electrons. The Hall–Kier alpha value is -3.55. The van der Waals surface area contributed by atoms with Gasteiger partial charge in [-0.25, -0.2) is 9.07 Å². The molecule has 1 saturated heterocycles. The molecule has 2 aromatic carbocycles. The molecule has 1 aromatic heterocycles. The molecular weight excluding hydrogens is 433 g/mol. The Labute approximate surface area is 198 Å². The molecule has 0 unspecified atom stereocenters. The summed E-state index contributed by atoms with van der Waals surface area (Å²) in [5.74, 6) is -0.292. The molecule has 5 rings (SSSR count). The molecule has 2 fully saturated rings. The van der Waals surface area contributed by atoms with Gasteiger partial charge in [-0.3, -0.25) is 9.59 Å². The molecule has 1 aliphatic carbocycles. The van der Waals surface area contributed by atoms with Gasteiger partial charge in [0.25, 0.3) is 5.91 Å². The van der Waals surface area contributed by atoms with E-state index in [1.54, 1.807) is 22.6 Å². The van der Waals surface area contributed by atoms with Gasteiger partial charge >= 0.3 is 0 Å². The van der Waals surface area contributed by atoms with Crippen molar-refractivity contribution in [3.63, 3.8) is 0 Å². The van der Waals surface area contributed by atoms with E-state index >= 15 is 0 Å². The van der Waals surface area contributed by atoms with E-state index < -0.39 is 0 Å². The zero-order chi connectivity index (χ0) is 23.7. The summed E-state index contributed by atoms with van der Waals surface area (Å²) in [6, 6.07) is 14.7. The van der Waals surface area contributed by atoms with Crippen LogP contribution in [0, 0.1) is 18.7 Å². The van der Waals surface area contributed by atoms with Crippen LogP contribution in [0.1, 0.15) is 58.9 Å². The maximum atomic E-state index is 13.7. The van der Waals surface area contributed by atoms with Crippen molar-refractivity contribution in [1.82, 2.24) is 25.2 Å². The van der Waals surface area contributed by atoms with Crippen LogP contribution in [-0.4, -0.2) is 44.8 Å². The van der Waals surface area contributed by atoms with Gasteiger partial charge in [0.2, 0.25) is 5.91 Å². The quantitative estimate of drug-likeness (QED) is 0.606. The van der Waals surface area contributed by atoms with Crippen LogP contribution in [0.15, 0.2) is 48.5 Å². The number of likely N-dealkylation sites (tertiary alicyclic amines) is 1. The van der Waals surface area contributed by atoms with Crippen LogP contribution in [0.2, 0.25) is 0 Å². The monoisotopic (exact) mass is 461 g/mol. The normalized spacial score (nSPS) is 16.5. The lowest BCUT2D eigenvalue weighted by molar-refractivity contribution is -0.126. The van der Waals surface area contributed by atoms with Crippen molar-refractivity contribution in [3.05, 3.63) is 76.9 Å². The topological polar surface area (TPSA) is 80.1 Å². The second-order valence-electron chi connectivity index (χ2n) is 9.21. The third-order valence-electron chi connectivity index (χ3n) is 6.73. The van der Waals surface area contributed by atoms with E-state index in [0.29, 0.717) is 49.7 Å². The number of nitrogens with one attached hydrogen (secondary N) is 1. The summed E-state index contributed by atoms with van der Waals surface area (Å²) >= 11 is 0. The van der Waals surface area contributed by atoms with E-state index in [-0.39, 0.29) is 23.5 Å². The van der Waals surface area contributed by atoms with Crippen molar-refractivity contribution in [3.8, 4) is 5.69 Å². The summed E-state index contributed by atoms with van der Waals surface area (Å²) in [6.07, 6.45) is 3.25. The van der Waals surface area contributed by atoms with E-state index in [0.717, 1.165) is 29.8 Å². The zero-order valence-electron chi connectivity index (χ0n) is 19.2. The third-order valence-corrected chi connectivity index (χ3v) is 6.73. The SMILES string of the molecule is Cc1ccc(CNC(=O)C2CCN(C(=O)c3nnn(-c4ccccc4)c3C3CC3)CC2)cc1F. The van der Waals surface area contributed by atoms with Crippen LogP contribution < -0.4 is 5.32 Å². The van der Waals surface area contributed by atoms with Gasteiger partial charge in [-0.15, -0.1) is 5.10 Å². The molecule has 2 aliphatic rings. The molecule has 2 heterocycles. The summed E-state index contributed by atoms with van der Waals surface area (Å²) in [5, 5.41) is 11.5. The van der Waals surface area contributed by atoms with Crippen LogP contribution in [0.25, 0.3) is 5.69 Å². The first-order chi connectivity index (χ1) is 16.5. The number of piperidine rings is 1. The van der Waals surface area contributed by atoms with Crippen molar-refractivity contribution >= 4 is 11.8 Å². The predicted octanol–water partition coefficient (Wildman–Crippen LogP) is 3.76. The largest absolute Gasteiger partial charge is 0.352 e. The first-order valence-corrected chi connectivity index (χ1v) is 11.8. The van der Waals surface area contributed by atoms with Gasteiger partial charge in [-0.2, -0.15) is 0 Å². The molecule has 2 amide bonds. The maximum absolute atomic E-state index is 13.7. The number of amides is 2. The Morgan fingerprint density at radius 3 is 2.47 bits per heavy atom. The highest BCUT2D eigenvalue weighted by molar-refractivity contribution is 5.94. The average Bonchev–Trinajstić information content (AvgIpc) is 3.62. The minimum absolute atomic E-state index is 0.0539. The Morgan fingerprint density at radius 2 is 1.79 bits per heavy atom. The maximum Gasteiger partial charge on any atom is 0.276 e. The molecule has 34 heavy (non-hydrogen) atoms. The van der Waals surface area contributed by atoms with Crippen molar-refractivity contribution in [2.45, 2.75) is 45.1 Å². The second kappa shape index (κ2) is 9.37. The first kappa shape index (κ1) is 22.3. The van der Waals surface area contributed by atoms with Gasteiger partial charge in [0.15, 0.2) is 5.69 Å². The number of halogens is 1. The number of benzene rings is 2. The highest BCUT2D eigenvalue weighted by Crippen LogP contribution is 2.42. The number of para-hydroxylation sites is 1. The molecule has 1 aliphatic heterocycles. The highest BCUT2D eigenvalue weighted by atomic mass is 19.1. The second-order valence-corrected chi connectivity index (χ2v) is 9.21. The Morgan fingerprint density at radius 1 is 1.06 bits per heavy atom. The standard InChI is InChI=1S/C26H28FN5O2/c1-17-7-8-18(15-22(17)27)16-28-25(33)20-11-13-31(14-12-20)26(34)23-24(19-9-10-19)32(30-29-23)21-5-3-2-4-6-21/h2-8,15,19-20H,9-14,16H2,1H3,(H,28,33). The molecule has 0 atom stereocenters. The average molecular weight is 462 g/mol. The number of nitrogens with zero attached hydrogens (tertiary/aromatic N) is 4. The highest BCUT2D eigenvalue weighted by Gasteiger charge is 2.37. The minimum atomic E-state index is -0.270. The van der Waals surface area contributed by atoms with Crippen LogP contribution in [0.4, 0.5) is 4.39 Å².